The molecule has 0 saturated carbocycles. The summed E-state index contributed by atoms with van der Waals surface area (Å²) in [6.45, 7) is 1.58. The Labute approximate surface area is 122 Å². The summed E-state index contributed by atoms with van der Waals surface area (Å²) in [5, 5.41) is 19.8. The number of halogens is 1. The fraction of sp³-hybridized carbons (Fsp3) is 0.357. The number of amidine groups is 1. The van der Waals surface area contributed by atoms with Crippen LogP contribution in [0.2, 0.25) is 0 Å². The maximum Gasteiger partial charge on any atom is 0.201 e. The summed E-state index contributed by atoms with van der Waals surface area (Å²) < 4.78 is 14.1. The first-order valence-corrected chi connectivity index (χ1v) is 6.75. The van der Waals surface area contributed by atoms with E-state index in [0.717, 1.165) is 32.4 Å². The summed E-state index contributed by atoms with van der Waals surface area (Å²) in [7, 11) is 0. The Bertz CT molecular complexity index is 598. The van der Waals surface area contributed by atoms with Crippen LogP contribution in [0.1, 0.15) is 19.3 Å². The molecule has 0 radical (unpaired) electrons. The van der Waals surface area contributed by atoms with Crippen LogP contribution in [0, 0.1) is 22.6 Å². The van der Waals surface area contributed by atoms with Gasteiger partial charge < -0.3 is 10.6 Å². The number of hydrazone groups is 1. The molecular weight excluding hydrogens is 271 g/mol. The maximum atomic E-state index is 14.1. The minimum absolute atomic E-state index is 0.233. The predicted molar refractivity (Wildman–Crippen MR) is 81.0 cm³/mol. The van der Waals surface area contributed by atoms with Crippen molar-refractivity contribution >= 4 is 22.9 Å². The average Bonchev–Trinajstić information content (AvgIpc) is 2.48. The third kappa shape index (κ3) is 3.48. The van der Waals surface area contributed by atoms with Crippen molar-refractivity contribution in [2.24, 2.45) is 10.8 Å². The molecular formula is C14H17FN6. The van der Waals surface area contributed by atoms with Crippen molar-refractivity contribution in [3.05, 3.63) is 24.0 Å². The van der Waals surface area contributed by atoms with E-state index in [2.05, 4.69) is 10.5 Å². The fourth-order valence-electron chi connectivity index (χ4n) is 2.31. The van der Waals surface area contributed by atoms with Crippen molar-refractivity contribution < 1.29 is 4.39 Å². The minimum Gasteiger partial charge on any atom is -0.382 e. The van der Waals surface area contributed by atoms with Crippen LogP contribution in [0.3, 0.4) is 0 Å². The first-order valence-electron chi connectivity index (χ1n) is 6.75. The number of nitriles is 1. The molecule has 4 N–H and O–H groups in total. The van der Waals surface area contributed by atoms with E-state index >= 15 is 0 Å². The fourth-order valence-corrected chi connectivity index (χ4v) is 2.31. The number of para-hydroxylation sites is 1. The second-order valence-corrected chi connectivity index (χ2v) is 4.78. The van der Waals surface area contributed by atoms with Crippen LogP contribution in [0.5, 0.6) is 0 Å². The molecule has 7 heteroatoms. The molecule has 1 heterocycles. The van der Waals surface area contributed by atoms with E-state index in [9.17, 15) is 4.39 Å². The molecule has 0 spiro atoms. The van der Waals surface area contributed by atoms with Crippen molar-refractivity contribution in [2.45, 2.75) is 19.3 Å². The van der Waals surface area contributed by atoms with E-state index in [1.807, 2.05) is 4.90 Å². The van der Waals surface area contributed by atoms with Gasteiger partial charge in [0.15, 0.2) is 5.84 Å². The van der Waals surface area contributed by atoms with E-state index in [1.165, 1.54) is 6.07 Å². The number of hydrogen-bond donors (Lipinski definition) is 3. The maximum absolute atomic E-state index is 14.1. The number of nitrogens with one attached hydrogen (secondary N) is 2. The van der Waals surface area contributed by atoms with Crippen molar-refractivity contribution in [3.8, 4) is 6.07 Å². The molecule has 110 valence electrons. The van der Waals surface area contributed by atoms with E-state index < -0.39 is 5.84 Å². The minimum atomic E-state index is -0.430. The van der Waals surface area contributed by atoms with Gasteiger partial charge in [-0.25, -0.2) is 4.39 Å². The number of hydrogen-bond acceptors (Lipinski definition) is 5. The summed E-state index contributed by atoms with van der Waals surface area (Å²) in [6, 6.07) is 6.37. The Morgan fingerprint density at radius 1 is 1.38 bits per heavy atom. The van der Waals surface area contributed by atoms with Gasteiger partial charge in [0.05, 0.1) is 11.4 Å². The van der Waals surface area contributed by atoms with Crippen LogP contribution in [-0.2, 0) is 0 Å². The number of nitrogens with two attached hydrogens (primary N) is 1. The van der Waals surface area contributed by atoms with Gasteiger partial charge in [-0.05, 0) is 31.4 Å². The van der Waals surface area contributed by atoms with Crippen LogP contribution in [0.25, 0.3) is 0 Å². The van der Waals surface area contributed by atoms with Gasteiger partial charge in [-0.2, -0.15) is 10.4 Å². The molecule has 0 aromatic heterocycles. The second-order valence-electron chi connectivity index (χ2n) is 4.78. The quantitative estimate of drug-likeness (QED) is 0.448. The van der Waals surface area contributed by atoms with Crippen molar-refractivity contribution in [2.75, 3.05) is 23.4 Å². The largest absolute Gasteiger partial charge is 0.382 e. The summed E-state index contributed by atoms with van der Waals surface area (Å²) in [6.07, 6.45) is 3.19. The van der Waals surface area contributed by atoms with E-state index in [4.69, 9.17) is 16.4 Å². The lowest BCUT2D eigenvalue weighted by Gasteiger charge is -2.30. The van der Waals surface area contributed by atoms with Gasteiger partial charge in [-0.1, -0.05) is 6.07 Å². The molecule has 1 aliphatic rings. The van der Waals surface area contributed by atoms with E-state index in [0.29, 0.717) is 11.4 Å². The van der Waals surface area contributed by atoms with Crippen LogP contribution in [0.15, 0.2) is 23.3 Å². The summed E-state index contributed by atoms with van der Waals surface area (Å²) >= 11 is 0. The van der Waals surface area contributed by atoms with Crippen molar-refractivity contribution in [1.29, 1.82) is 10.7 Å². The van der Waals surface area contributed by atoms with E-state index in [-0.39, 0.29) is 11.5 Å². The zero-order valence-electron chi connectivity index (χ0n) is 11.6. The molecule has 0 bridgehead atoms. The average molecular weight is 288 g/mol. The smallest absolute Gasteiger partial charge is 0.201 e. The molecule has 1 aliphatic heterocycles. The first-order chi connectivity index (χ1) is 10.1. The zero-order chi connectivity index (χ0) is 15.2. The number of anilines is 2. The summed E-state index contributed by atoms with van der Waals surface area (Å²) in [5.74, 6) is -0.764. The van der Waals surface area contributed by atoms with Gasteiger partial charge in [0.1, 0.15) is 11.9 Å². The van der Waals surface area contributed by atoms with Crippen LogP contribution in [-0.4, -0.2) is 24.6 Å². The molecule has 2 rings (SSSR count). The van der Waals surface area contributed by atoms with Crippen molar-refractivity contribution in [1.82, 2.24) is 0 Å². The Hall–Kier alpha value is -2.62. The Morgan fingerprint density at radius 2 is 2.10 bits per heavy atom. The summed E-state index contributed by atoms with van der Waals surface area (Å²) in [4.78, 5) is 1.97. The summed E-state index contributed by atoms with van der Waals surface area (Å²) in [5.41, 5.74) is 8.55. The van der Waals surface area contributed by atoms with Crippen LogP contribution in [0.4, 0.5) is 15.8 Å². The normalized spacial score (nSPS) is 15.4. The molecule has 1 aromatic carbocycles. The Balaban J connectivity index is 2.29. The molecule has 0 amide bonds. The third-order valence-electron chi connectivity index (χ3n) is 3.31. The molecule has 6 nitrogen and oxygen atoms in total. The molecule has 0 aliphatic carbocycles. The number of benzene rings is 1. The monoisotopic (exact) mass is 288 g/mol. The lowest BCUT2D eigenvalue weighted by atomic mass is 10.1. The van der Waals surface area contributed by atoms with Crippen LogP contribution >= 0.6 is 0 Å². The molecule has 1 aromatic rings. The topological polar surface area (TPSA) is 101 Å². The highest BCUT2D eigenvalue weighted by Gasteiger charge is 2.18. The van der Waals surface area contributed by atoms with Gasteiger partial charge in [0, 0.05) is 13.1 Å². The Morgan fingerprint density at radius 3 is 2.71 bits per heavy atom. The van der Waals surface area contributed by atoms with E-state index in [1.54, 1.807) is 18.2 Å². The zero-order valence-corrected chi connectivity index (χ0v) is 11.6. The highest BCUT2D eigenvalue weighted by molar-refractivity contribution is 6.45. The number of rotatable bonds is 4. The van der Waals surface area contributed by atoms with Crippen molar-refractivity contribution in [3.63, 3.8) is 0 Å². The SMILES string of the molecule is N#C/C(=N\Nc1cccc(F)c1N1CCCCC1)C(=N)N. The molecule has 1 fully saturated rings. The first kappa shape index (κ1) is 14.8. The van der Waals surface area contributed by atoms with Gasteiger partial charge >= 0.3 is 0 Å². The van der Waals surface area contributed by atoms with Gasteiger partial charge in [-0.15, -0.1) is 0 Å². The highest BCUT2D eigenvalue weighted by atomic mass is 19.1. The lowest BCUT2D eigenvalue weighted by molar-refractivity contribution is 0.557. The van der Waals surface area contributed by atoms with Crippen LogP contribution < -0.4 is 16.1 Å². The second kappa shape index (κ2) is 6.70. The molecule has 0 atom stereocenters. The predicted octanol–water partition coefficient (Wildman–Crippen LogP) is 2.04. The highest BCUT2D eigenvalue weighted by Crippen LogP contribution is 2.31. The molecule has 21 heavy (non-hydrogen) atoms. The standard InChI is InChI=1S/C14H17FN6/c15-10-5-4-6-11(19-20-12(9-16)14(17)18)13(10)21-7-2-1-3-8-21/h4-6,19H,1-3,7-8H2,(H3,17,18)/b20-12+. The Kier molecular flexibility index (Phi) is 4.72. The number of piperidine rings is 1. The van der Waals surface area contributed by atoms with Gasteiger partial charge in [-0.3, -0.25) is 10.8 Å². The van der Waals surface area contributed by atoms with Gasteiger partial charge in [0.25, 0.3) is 0 Å². The number of nitrogens with zero attached hydrogens (tertiary/aromatic N) is 3. The molecule has 0 unspecified atom stereocenters. The van der Waals surface area contributed by atoms with Gasteiger partial charge in [0.2, 0.25) is 5.71 Å². The molecule has 1 saturated heterocycles. The lowest BCUT2D eigenvalue weighted by Crippen LogP contribution is -2.30. The third-order valence-corrected chi connectivity index (χ3v) is 3.31.